The molecule has 2 aliphatic rings. The van der Waals surface area contributed by atoms with Gasteiger partial charge in [0, 0.05) is 11.6 Å². The molecule has 1 amide bonds. The maximum absolute atomic E-state index is 14.7. The molecule has 48 heavy (non-hydrogen) atoms. The van der Waals surface area contributed by atoms with Gasteiger partial charge in [-0.25, -0.2) is 4.39 Å². The molecule has 1 N–H and O–H groups in total. The Morgan fingerprint density at radius 2 is 1.60 bits per heavy atom. The van der Waals surface area contributed by atoms with Gasteiger partial charge in [-0.1, -0.05) is 50.9 Å². The molecule has 0 saturated heterocycles. The van der Waals surface area contributed by atoms with Gasteiger partial charge in [-0.15, -0.1) is 0 Å². The van der Waals surface area contributed by atoms with E-state index >= 15 is 0 Å². The molecule has 0 aliphatic heterocycles. The molecule has 0 spiro atoms. The molecule has 268 valence electrons. The fourth-order valence-electron chi connectivity index (χ4n) is 6.98. The second-order valence-corrected chi connectivity index (χ2v) is 19.4. The predicted octanol–water partition coefficient (Wildman–Crippen LogP) is 10.1. The molecule has 2 aliphatic carbocycles. The Kier molecular flexibility index (Phi) is 12.1. The van der Waals surface area contributed by atoms with Crippen molar-refractivity contribution in [2.75, 3.05) is 6.61 Å². The molecule has 7 nitrogen and oxygen atoms in total. The molecule has 2 fully saturated rings. The molecule has 1 heterocycles. The Bertz CT molecular complexity index is 1440. The number of rotatable bonds is 14. The summed E-state index contributed by atoms with van der Waals surface area (Å²) in [5.74, 6) is -1.85. The third-order valence-electron chi connectivity index (χ3n) is 10.8. The van der Waals surface area contributed by atoms with Crippen molar-refractivity contribution in [2.24, 2.45) is 10.8 Å². The van der Waals surface area contributed by atoms with Crippen molar-refractivity contribution in [3.63, 3.8) is 0 Å². The minimum atomic E-state index is -4.86. The van der Waals surface area contributed by atoms with Gasteiger partial charge in [0.25, 0.3) is 5.91 Å². The van der Waals surface area contributed by atoms with Crippen molar-refractivity contribution in [3.8, 4) is 0 Å². The molecule has 14 heteroatoms. The van der Waals surface area contributed by atoms with Crippen LogP contribution in [0.25, 0.3) is 0 Å². The maximum atomic E-state index is 14.7. The van der Waals surface area contributed by atoms with Crippen LogP contribution >= 0.6 is 23.2 Å². The maximum Gasteiger partial charge on any atom is 0.433 e. The van der Waals surface area contributed by atoms with Crippen LogP contribution in [0.2, 0.25) is 28.2 Å². The van der Waals surface area contributed by atoms with Gasteiger partial charge in [-0.2, -0.15) is 18.3 Å². The Morgan fingerprint density at radius 3 is 2.08 bits per heavy atom. The number of ether oxygens (including phenoxy) is 1. The Hall–Kier alpha value is -2.15. The van der Waals surface area contributed by atoms with Crippen LogP contribution in [-0.4, -0.2) is 42.6 Å². The van der Waals surface area contributed by atoms with Gasteiger partial charge in [-0.05, 0) is 94.5 Å². The van der Waals surface area contributed by atoms with Crippen LogP contribution in [0, 0.1) is 16.6 Å². The van der Waals surface area contributed by atoms with Gasteiger partial charge in [0.1, 0.15) is 5.82 Å². The lowest BCUT2D eigenvalue weighted by Crippen LogP contribution is -2.44. The first-order valence-corrected chi connectivity index (χ1v) is 20.2. The van der Waals surface area contributed by atoms with E-state index in [0.717, 1.165) is 41.9 Å². The van der Waals surface area contributed by atoms with Crippen LogP contribution in [-0.2, 0) is 20.1 Å². The number of aromatic nitrogens is 2. The number of benzene rings is 1. The van der Waals surface area contributed by atoms with Crippen LogP contribution in [0.15, 0.2) is 18.3 Å². The lowest BCUT2D eigenvalue weighted by molar-refractivity contribution is -0.157. The first-order valence-electron chi connectivity index (χ1n) is 16.9. The summed E-state index contributed by atoms with van der Waals surface area (Å²) in [4.78, 5) is 26.4. The molecule has 2 atom stereocenters. The lowest BCUT2D eigenvalue weighted by Gasteiger charge is -2.37. The number of hydrogen-bond donors (Lipinski definition) is 1. The normalized spacial score (nSPS) is 22.2. The van der Waals surface area contributed by atoms with Crippen molar-refractivity contribution < 1.29 is 36.3 Å². The van der Waals surface area contributed by atoms with E-state index in [-0.39, 0.29) is 41.9 Å². The summed E-state index contributed by atoms with van der Waals surface area (Å²) in [7, 11) is -2.32. The average molecular weight is 737 g/mol. The second kappa shape index (κ2) is 15.0. The van der Waals surface area contributed by atoms with Gasteiger partial charge in [0.2, 0.25) is 0 Å². The zero-order chi connectivity index (χ0) is 35.7. The van der Waals surface area contributed by atoms with E-state index < -0.39 is 66.5 Å². The number of hydrogen-bond acceptors (Lipinski definition) is 5. The minimum absolute atomic E-state index is 0.0920. The number of esters is 1. The van der Waals surface area contributed by atoms with Crippen molar-refractivity contribution in [1.29, 1.82) is 0 Å². The van der Waals surface area contributed by atoms with Crippen molar-refractivity contribution in [2.45, 2.75) is 129 Å². The zero-order valence-corrected chi connectivity index (χ0v) is 31.0. The van der Waals surface area contributed by atoms with Gasteiger partial charge in [-0.3, -0.25) is 14.3 Å². The monoisotopic (exact) mass is 735 g/mol. The van der Waals surface area contributed by atoms with Crippen molar-refractivity contribution in [1.82, 2.24) is 15.1 Å². The van der Waals surface area contributed by atoms with Crippen LogP contribution in [0.5, 0.6) is 0 Å². The fraction of sp³-hybridized carbons (Fsp3) is 0.676. The van der Waals surface area contributed by atoms with Crippen molar-refractivity contribution in [3.05, 3.63) is 51.0 Å². The summed E-state index contributed by atoms with van der Waals surface area (Å²) in [6.45, 7) is 11.9. The highest BCUT2D eigenvalue weighted by Crippen LogP contribution is 2.52. The first-order chi connectivity index (χ1) is 22.5. The number of nitrogens with zero attached hydrogens (tertiary/aromatic N) is 2. The summed E-state index contributed by atoms with van der Waals surface area (Å²) >= 11 is 13.1. The van der Waals surface area contributed by atoms with Gasteiger partial charge in [0.15, 0.2) is 14.0 Å². The number of nitrogens with one attached hydrogen (secondary N) is 1. The molecule has 2 aromatic rings. The van der Waals surface area contributed by atoms with E-state index in [1.54, 1.807) is 13.8 Å². The summed E-state index contributed by atoms with van der Waals surface area (Å²) in [6.07, 6.45) is -1.69. The highest BCUT2D eigenvalue weighted by molar-refractivity contribution is 6.73. The second-order valence-electron chi connectivity index (χ2n) is 13.9. The number of alkyl halides is 3. The van der Waals surface area contributed by atoms with Crippen LogP contribution < -0.4 is 5.32 Å². The number of carbonyl (C=O) groups excluding carboxylic acids is 2. The standard InChI is InChI=1S/C34H47Cl2F4N3O4Si/c1-7-46-31(45)33(6)13-11-22(12-14-33)43-29(34(38,39)40)23(20-41-43)30(44)42-27(32(5)15-16-32)19-26(47-48(8-2,9-3)10-4)28-24(35)17-21(37)18-25(28)36/h17-18,20,22,26-27H,7-16,19H2,1-6H3,(H,42,44). The summed E-state index contributed by atoms with van der Waals surface area (Å²) in [6, 6.07) is 3.50. The van der Waals surface area contributed by atoms with Crippen LogP contribution in [0.1, 0.15) is 120 Å². The summed E-state index contributed by atoms with van der Waals surface area (Å²) in [5.41, 5.74) is -2.46. The van der Waals surface area contributed by atoms with E-state index in [2.05, 4.69) is 31.2 Å². The fourth-order valence-corrected chi connectivity index (χ4v) is 10.5. The van der Waals surface area contributed by atoms with E-state index in [0.29, 0.717) is 18.4 Å². The van der Waals surface area contributed by atoms with E-state index in [4.69, 9.17) is 32.4 Å². The molecule has 2 unspecified atom stereocenters. The Labute approximate surface area is 291 Å². The predicted molar refractivity (Wildman–Crippen MR) is 180 cm³/mol. The number of amides is 1. The highest BCUT2D eigenvalue weighted by Gasteiger charge is 2.49. The molecule has 4 rings (SSSR count). The first kappa shape index (κ1) is 38.6. The SMILES string of the molecule is CCOC(=O)C1(C)CCC(n2ncc(C(=O)NC(CC(O[Si](CC)(CC)CC)c3c(Cl)cc(F)cc3Cl)C3(C)CC3)c2C(F)(F)F)CC1. The zero-order valence-electron chi connectivity index (χ0n) is 28.5. The molecule has 0 radical (unpaired) electrons. The van der Waals surface area contributed by atoms with Gasteiger partial charge >= 0.3 is 12.1 Å². The highest BCUT2D eigenvalue weighted by atomic mass is 35.5. The molecule has 0 bridgehead atoms. The smallest absolute Gasteiger partial charge is 0.433 e. The Morgan fingerprint density at radius 1 is 1.04 bits per heavy atom. The van der Waals surface area contributed by atoms with Gasteiger partial charge in [0.05, 0.1) is 46.0 Å². The average Bonchev–Trinajstić information content (AvgIpc) is 3.60. The quantitative estimate of drug-likeness (QED) is 0.119. The summed E-state index contributed by atoms with van der Waals surface area (Å²) < 4.78 is 71.3. The third kappa shape index (κ3) is 8.24. The molecule has 1 aromatic carbocycles. The van der Waals surface area contributed by atoms with E-state index in [1.807, 2.05) is 6.92 Å². The summed E-state index contributed by atoms with van der Waals surface area (Å²) in [5, 5.41) is 7.20. The van der Waals surface area contributed by atoms with Crippen LogP contribution in [0.3, 0.4) is 0 Å². The molecular formula is C34H47Cl2F4N3O4Si. The number of carbonyl (C=O) groups is 2. The molecular weight excluding hydrogens is 689 g/mol. The minimum Gasteiger partial charge on any atom is -0.466 e. The Balaban J connectivity index is 1.65. The van der Waals surface area contributed by atoms with E-state index in [9.17, 15) is 27.2 Å². The molecule has 2 saturated carbocycles. The van der Waals surface area contributed by atoms with Crippen molar-refractivity contribution >= 4 is 43.4 Å². The van der Waals surface area contributed by atoms with Gasteiger partial charge < -0.3 is 14.5 Å². The largest absolute Gasteiger partial charge is 0.466 e. The number of halogens is 6. The van der Waals surface area contributed by atoms with Crippen LogP contribution in [0.4, 0.5) is 17.6 Å². The lowest BCUT2D eigenvalue weighted by atomic mass is 9.74. The third-order valence-corrected chi connectivity index (χ3v) is 16.1. The van der Waals surface area contributed by atoms with E-state index in [1.165, 1.54) is 12.1 Å². The molecule has 1 aromatic heterocycles. The topological polar surface area (TPSA) is 82.5 Å².